The summed E-state index contributed by atoms with van der Waals surface area (Å²) >= 11 is 6.96. The van der Waals surface area contributed by atoms with Crippen molar-refractivity contribution in [1.29, 1.82) is 0 Å². The second-order valence-electron chi connectivity index (χ2n) is 5.33. The maximum absolute atomic E-state index is 13.1. The van der Waals surface area contributed by atoms with Crippen LogP contribution in [0, 0.1) is 5.82 Å². The lowest BCUT2D eigenvalue weighted by Gasteiger charge is -2.08. The van der Waals surface area contributed by atoms with E-state index in [0.29, 0.717) is 12.3 Å². The van der Waals surface area contributed by atoms with E-state index in [9.17, 15) is 4.39 Å². The Balaban J connectivity index is 1.62. The molecule has 0 amide bonds. The Labute approximate surface area is 162 Å². The summed E-state index contributed by atoms with van der Waals surface area (Å²) in [4.78, 5) is 4.26. The lowest BCUT2D eigenvalue weighted by molar-refractivity contribution is 0.305. The largest absolute Gasteiger partial charge is 0.489 e. The third-order valence-electron chi connectivity index (χ3n) is 3.46. The van der Waals surface area contributed by atoms with Crippen LogP contribution in [0.1, 0.15) is 11.1 Å². The number of hydrogen-bond donors (Lipinski definition) is 0. The quantitative estimate of drug-likeness (QED) is 0.387. The van der Waals surface area contributed by atoms with Crippen LogP contribution in [0.25, 0.3) is 0 Å². The van der Waals surface area contributed by atoms with Crippen LogP contribution in [-0.2, 0) is 6.61 Å². The molecule has 0 unspecified atom stereocenters. The monoisotopic (exact) mass is 461 g/mol. The van der Waals surface area contributed by atoms with Gasteiger partial charge in [0.1, 0.15) is 18.2 Å². The first-order chi connectivity index (χ1) is 12.1. The summed E-state index contributed by atoms with van der Waals surface area (Å²) in [5, 5.41) is 0. The van der Waals surface area contributed by atoms with E-state index < -0.39 is 0 Å². The first-order valence-electron chi connectivity index (χ1n) is 7.56. The normalized spacial score (nSPS) is 11.0. The van der Waals surface area contributed by atoms with Crippen LogP contribution in [0.2, 0.25) is 0 Å². The Morgan fingerprint density at radius 1 is 0.960 bits per heavy atom. The smallest absolute Gasteiger partial charge is 0.125 e. The molecule has 2 nitrogen and oxygen atoms in total. The number of rotatable bonds is 5. The molecule has 0 saturated heterocycles. The average Bonchev–Trinajstić information content (AvgIpc) is 2.60. The molecule has 0 aliphatic carbocycles. The van der Waals surface area contributed by atoms with E-state index in [2.05, 4.69) is 36.9 Å². The first-order valence-corrected chi connectivity index (χ1v) is 9.15. The minimum absolute atomic E-state index is 0.294. The van der Waals surface area contributed by atoms with Crippen LogP contribution in [0.4, 0.5) is 10.1 Å². The second-order valence-corrected chi connectivity index (χ2v) is 7.10. The Bertz CT molecular complexity index is 894. The molecule has 25 heavy (non-hydrogen) atoms. The molecule has 3 rings (SSSR count). The molecule has 0 radical (unpaired) electrons. The zero-order valence-corrected chi connectivity index (χ0v) is 16.3. The third-order valence-corrected chi connectivity index (χ3v) is 4.69. The highest BCUT2D eigenvalue weighted by molar-refractivity contribution is 9.11. The molecule has 0 N–H and O–H groups in total. The van der Waals surface area contributed by atoms with Crippen molar-refractivity contribution in [2.24, 2.45) is 4.99 Å². The molecule has 0 bridgehead atoms. The fraction of sp³-hybridized carbons (Fsp3) is 0.0500. The van der Waals surface area contributed by atoms with Gasteiger partial charge in [0.2, 0.25) is 0 Å². The van der Waals surface area contributed by atoms with Crippen molar-refractivity contribution in [1.82, 2.24) is 0 Å². The molecule has 0 aromatic heterocycles. The zero-order chi connectivity index (χ0) is 17.6. The molecule has 3 aromatic carbocycles. The lowest BCUT2D eigenvalue weighted by Crippen LogP contribution is -1.96. The molecule has 0 aliphatic heterocycles. The van der Waals surface area contributed by atoms with Crippen LogP contribution in [-0.4, -0.2) is 6.21 Å². The van der Waals surface area contributed by atoms with Gasteiger partial charge in [0.25, 0.3) is 0 Å². The van der Waals surface area contributed by atoms with Gasteiger partial charge in [-0.15, -0.1) is 0 Å². The molecule has 0 atom stereocenters. The van der Waals surface area contributed by atoms with Gasteiger partial charge in [0.15, 0.2) is 0 Å². The fourth-order valence-corrected chi connectivity index (χ4v) is 3.32. The van der Waals surface area contributed by atoms with E-state index in [0.717, 1.165) is 25.8 Å². The van der Waals surface area contributed by atoms with E-state index in [1.165, 1.54) is 12.1 Å². The standard InChI is InChI=1S/C20H14Br2FNO/c21-16-7-6-15(20(22)10-16)13-25-19-8-4-14(5-9-19)12-24-18-3-1-2-17(23)11-18/h1-12H,13H2. The number of halogens is 3. The van der Waals surface area contributed by atoms with Crippen LogP contribution in [0.3, 0.4) is 0 Å². The van der Waals surface area contributed by atoms with Crippen LogP contribution >= 0.6 is 31.9 Å². The zero-order valence-electron chi connectivity index (χ0n) is 13.1. The van der Waals surface area contributed by atoms with Gasteiger partial charge in [0.05, 0.1) is 5.69 Å². The van der Waals surface area contributed by atoms with E-state index in [1.54, 1.807) is 18.3 Å². The van der Waals surface area contributed by atoms with E-state index >= 15 is 0 Å². The number of aliphatic imine (C=N–C) groups is 1. The Hall–Kier alpha value is -1.98. The van der Waals surface area contributed by atoms with Gasteiger partial charge in [-0.05, 0) is 60.2 Å². The van der Waals surface area contributed by atoms with Gasteiger partial charge in [-0.3, -0.25) is 4.99 Å². The number of benzene rings is 3. The number of hydrogen-bond acceptors (Lipinski definition) is 2. The fourth-order valence-electron chi connectivity index (χ4n) is 2.16. The van der Waals surface area contributed by atoms with Crippen molar-refractivity contribution in [3.05, 3.63) is 92.6 Å². The Morgan fingerprint density at radius 3 is 2.48 bits per heavy atom. The summed E-state index contributed by atoms with van der Waals surface area (Å²) in [6, 6.07) is 19.8. The van der Waals surface area contributed by atoms with Crippen molar-refractivity contribution in [2.75, 3.05) is 0 Å². The summed E-state index contributed by atoms with van der Waals surface area (Å²) < 4.78 is 21.0. The van der Waals surface area contributed by atoms with Gasteiger partial charge in [-0.1, -0.05) is 44.0 Å². The summed E-state index contributed by atoms with van der Waals surface area (Å²) in [7, 11) is 0. The van der Waals surface area contributed by atoms with Gasteiger partial charge in [-0.2, -0.15) is 0 Å². The molecule has 3 aromatic rings. The summed E-state index contributed by atoms with van der Waals surface area (Å²) in [5.74, 6) is 0.482. The second kappa shape index (κ2) is 8.41. The van der Waals surface area contributed by atoms with Crippen molar-refractivity contribution in [2.45, 2.75) is 6.61 Å². The average molecular weight is 463 g/mol. The van der Waals surface area contributed by atoms with Crippen LogP contribution in [0.15, 0.2) is 80.7 Å². The molecule has 0 aliphatic rings. The van der Waals surface area contributed by atoms with Crippen molar-refractivity contribution >= 4 is 43.8 Å². The van der Waals surface area contributed by atoms with Crippen LogP contribution in [0.5, 0.6) is 5.75 Å². The molecule has 0 saturated carbocycles. The highest BCUT2D eigenvalue weighted by Gasteiger charge is 2.02. The molecule has 0 heterocycles. The Morgan fingerprint density at radius 2 is 1.76 bits per heavy atom. The van der Waals surface area contributed by atoms with E-state index in [-0.39, 0.29) is 5.82 Å². The van der Waals surface area contributed by atoms with Gasteiger partial charge < -0.3 is 4.74 Å². The molecular formula is C20H14Br2FNO. The highest BCUT2D eigenvalue weighted by Crippen LogP contribution is 2.23. The van der Waals surface area contributed by atoms with Crippen molar-refractivity contribution in [3.63, 3.8) is 0 Å². The van der Waals surface area contributed by atoms with Gasteiger partial charge in [0, 0.05) is 20.7 Å². The maximum Gasteiger partial charge on any atom is 0.125 e. The maximum atomic E-state index is 13.1. The third kappa shape index (κ3) is 5.25. The summed E-state index contributed by atoms with van der Waals surface area (Å²) in [5.41, 5.74) is 2.57. The van der Waals surface area contributed by atoms with E-state index in [1.807, 2.05) is 42.5 Å². The SMILES string of the molecule is Fc1cccc(N=Cc2ccc(OCc3ccc(Br)cc3Br)cc2)c1. The van der Waals surface area contributed by atoms with Crippen molar-refractivity contribution < 1.29 is 9.13 Å². The molecular weight excluding hydrogens is 449 g/mol. The summed E-state index contributed by atoms with van der Waals surface area (Å²) in [6.07, 6.45) is 1.70. The van der Waals surface area contributed by atoms with Gasteiger partial charge in [-0.25, -0.2) is 4.39 Å². The molecule has 0 spiro atoms. The first kappa shape index (κ1) is 17.8. The predicted octanol–water partition coefficient (Wildman–Crippen LogP) is 6.68. The summed E-state index contributed by atoms with van der Waals surface area (Å²) in [6.45, 7) is 0.477. The highest BCUT2D eigenvalue weighted by atomic mass is 79.9. The lowest BCUT2D eigenvalue weighted by atomic mass is 10.2. The minimum atomic E-state index is -0.294. The number of nitrogens with zero attached hydrogens (tertiary/aromatic N) is 1. The number of ether oxygens (including phenoxy) is 1. The molecule has 0 fully saturated rings. The van der Waals surface area contributed by atoms with E-state index in [4.69, 9.17) is 4.74 Å². The van der Waals surface area contributed by atoms with Crippen molar-refractivity contribution in [3.8, 4) is 5.75 Å². The molecule has 126 valence electrons. The predicted molar refractivity (Wildman–Crippen MR) is 106 cm³/mol. The Kier molecular flexibility index (Phi) is 6.00. The minimum Gasteiger partial charge on any atom is -0.489 e. The topological polar surface area (TPSA) is 21.6 Å². The van der Waals surface area contributed by atoms with Crippen LogP contribution < -0.4 is 4.74 Å². The van der Waals surface area contributed by atoms with Gasteiger partial charge >= 0.3 is 0 Å². The molecule has 5 heteroatoms.